The predicted molar refractivity (Wildman–Crippen MR) is 83.2 cm³/mol. The summed E-state index contributed by atoms with van der Waals surface area (Å²) in [4.78, 5) is 12.0. The standard InChI is InChI=1S/C16H26N4O/c21-16(6-5-13-3-1-2-4-13)19-14-11-18-20(12-14)15-7-9-17-10-8-15/h11-13,15,17H,1-10H2,(H,19,21). The van der Waals surface area contributed by atoms with Crippen LogP contribution in [0, 0.1) is 5.92 Å². The lowest BCUT2D eigenvalue weighted by atomic mass is 10.0. The second-order valence-electron chi connectivity index (χ2n) is 6.43. The summed E-state index contributed by atoms with van der Waals surface area (Å²) in [5, 5.41) is 10.7. The van der Waals surface area contributed by atoms with Gasteiger partial charge < -0.3 is 10.6 Å². The highest BCUT2D eigenvalue weighted by molar-refractivity contribution is 5.90. The predicted octanol–water partition coefficient (Wildman–Crippen LogP) is 2.72. The molecule has 0 unspecified atom stereocenters. The highest BCUT2D eigenvalue weighted by Gasteiger charge is 2.18. The van der Waals surface area contributed by atoms with Crippen LogP contribution in [0.15, 0.2) is 12.4 Å². The van der Waals surface area contributed by atoms with Crippen LogP contribution in [-0.4, -0.2) is 28.8 Å². The summed E-state index contributed by atoms with van der Waals surface area (Å²) in [6.45, 7) is 2.10. The van der Waals surface area contributed by atoms with Gasteiger partial charge in [-0.1, -0.05) is 25.7 Å². The van der Waals surface area contributed by atoms with Gasteiger partial charge in [-0.05, 0) is 38.3 Å². The SMILES string of the molecule is O=C(CCC1CCCC1)Nc1cnn(C2CCNCC2)c1. The van der Waals surface area contributed by atoms with Gasteiger partial charge in [0.15, 0.2) is 0 Å². The Balaban J connectivity index is 1.45. The van der Waals surface area contributed by atoms with Gasteiger partial charge in [-0.25, -0.2) is 0 Å². The lowest BCUT2D eigenvalue weighted by molar-refractivity contribution is -0.116. The lowest BCUT2D eigenvalue weighted by Crippen LogP contribution is -2.29. The Labute approximate surface area is 126 Å². The Bertz CT molecular complexity index is 459. The molecule has 0 spiro atoms. The zero-order valence-corrected chi connectivity index (χ0v) is 12.7. The van der Waals surface area contributed by atoms with E-state index in [0.717, 1.165) is 44.0 Å². The average Bonchev–Trinajstić information content (AvgIpc) is 3.17. The van der Waals surface area contributed by atoms with Crippen LogP contribution in [0.3, 0.4) is 0 Å². The summed E-state index contributed by atoms with van der Waals surface area (Å²) >= 11 is 0. The quantitative estimate of drug-likeness (QED) is 0.876. The summed E-state index contributed by atoms with van der Waals surface area (Å²) in [5.74, 6) is 0.903. The average molecular weight is 290 g/mol. The van der Waals surface area contributed by atoms with Crippen molar-refractivity contribution < 1.29 is 4.79 Å². The van der Waals surface area contributed by atoms with Crippen LogP contribution in [0.4, 0.5) is 5.69 Å². The number of carbonyl (C=O) groups excluding carboxylic acids is 1. The Hall–Kier alpha value is -1.36. The minimum Gasteiger partial charge on any atom is -0.323 e. The van der Waals surface area contributed by atoms with Crippen LogP contribution < -0.4 is 10.6 Å². The zero-order valence-electron chi connectivity index (χ0n) is 12.7. The molecule has 0 atom stereocenters. The normalized spacial score (nSPS) is 20.8. The Morgan fingerprint density at radius 3 is 2.81 bits per heavy atom. The van der Waals surface area contributed by atoms with Crippen molar-refractivity contribution in [2.45, 2.75) is 57.4 Å². The first-order valence-corrected chi connectivity index (χ1v) is 8.36. The second kappa shape index (κ2) is 7.07. The maximum atomic E-state index is 12.0. The van der Waals surface area contributed by atoms with E-state index in [-0.39, 0.29) is 5.91 Å². The fraction of sp³-hybridized carbons (Fsp3) is 0.750. The number of nitrogens with one attached hydrogen (secondary N) is 2. The van der Waals surface area contributed by atoms with Crippen molar-refractivity contribution in [2.75, 3.05) is 18.4 Å². The largest absolute Gasteiger partial charge is 0.323 e. The van der Waals surface area contributed by atoms with Crippen molar-refractivity contribution in [1.29, 1.82) is 0 Å². The van der Waals surface area contributed by atoms with E-state index >= 15 is 0 Å². The molecule has 1 aliphatic carbocycles. The number of piperidine rings is 1. The highest BCUT2D eigenvalue weighted by Crippen LogP contribution is 2.28. The maximum Gasteiger partial charge on any atom is 0.224 e. The van der Waals surface area contributed by atoms with E-state index in [4.69, 9.17) is 0 Å². The molecule has 5 nitrogen and oxygen atoms in total. The summed E-state index contributed by atoms with van der Waals surface area (Å²) in [6.07, 6.45) is 12.9. The van der Waals surface area contributed by atoms with E-state index in [1.807, 2.05) is 10.9 Å². The van der Waals surface area contributed by atoms with E-state index < -0.39 is 0 Å². The molecule has 21 heavy (non-hydrogen) atoms. The van der Waals surface area contributed by atoms with Gasteiger partial charge in [0.1, 0.15) is 0 Å². The molecule has 116 valence electrons. The van der Waals surface area contributed by atoms with Crippen molar-refractivity contribution in [1.82, 2.24) is 15.1 Å². The van der Waals surface area contributed by atoms with Gasteiger partial charge in [0.05, 0.1) is 17.9 Å². The van der Waals surface area contributed by atoms with Crippen LogP contribution in [-0.2, 0) is 4.79 Å². The van der Waals surface area contributed by atoms with E-state index in [1.165, 1.54) is 25.7 Å². The van der Waals surface area contributed by atoms with Crippen molar-refractivity contribution in [3.63, 3.8) is 0 Å². The first-order chi connectivity index (χ1) is 10.3. The number of anilines is 1. The third-order valence-corrected chi connectivity index (χ3v) is 4.82. The van der Waals surface area contributed by atoms with Crippen LogP contribution >= 0.6 is 0 Å². The van der Waals surface area contributed by atoms with Gasteiger partial charge >= 0.3 is 0 Å². The van der Waals surface area contributed by atoms with Gasteiger partial charge in [-0.2, -0.15) is 5.10 Å². The number of rotatable bonds is 5. The van der Waals surface area contributed by atoms with Crippen LogP contribution in [0.1, 0.15) is 57.4 Å². The molecule has 1 aliphatic heterocycles. The number of aromatic nitrogens is 2. The molecule has 1 aromatic heterocycles. The number of hydrogen-bond acceptors (Lipinski definition) is 3. The second-order valence-corrected chi connectivity index (χ2v) is 6.43. The topological polar surface area (TPSA) is 59.0 Å². The van der Waals surface area contributed by atoms with E-state index in [1.54, 1.807) is 6.20 Å². The molecular weight excluding hydrogens is 264 g/mol. The Morgan fingerprint density at radius 2 is 2.05 bits per heavy atom. The van der Waals surface area contributed by atoms with Gasteiger partial charge in [0.2, 0.25) is 5.91 Å². The molecule has 1 aromatic rings. The fourth-order valence-electron chi connectivity index (χ4n) is 3.53. The molecule has 0 radical (unpaired) electrons. The summed E-state index contributed by atoms with van der Waals surface area (Å²) in [5.41, 5.74) is 0.838. The molecule has 1 saturated carbocycles. The molecule has 1 amide bonds. The smallest absolute Gasteiger partial charge is 0.224 e. The minimum absolute atomic E-state index is 0.131. The first-order valence-electron chi connectivity index (χ1n) is 8.36. The molecular formula is C16H26N4O. The summed E-state index contributed by atoms with van der Waals surface area (Å²) < 4.78 is 2.01. The van der Waals surface area contributed by atoms with E-state index in [9.17, 15) is 4.79 Å². The van der Waals surface area contributed by atoms with Gasteiger partial charge in [0, 0.05) is 12.6 Å². The molecule has 5 heteroatoms. The van der Waals surface area contributed by atoms with Crippen molar-refractivity contribution >= 4 is 11.6 Å². The molecule has 2 heterocycles. The third-order valence-electron chi connectivity index (χ3n) is 4.82. The Morgan fingerprint density at radius 1 is 1.29 bits per heavy atom. The number of carbonyl (C=O) groups is 1. The van der Waals surface area contributed by atoms with Crippen molar-refractivity contribution in [3.8, 4) is 0 Å². The van der Waals surface area contributed by atoms with Crippen LogP contribution in [0.2, 0.25) is 0 Å². The van der Waals surface area contributed by atoms with Gasteiger partial charge in [-0.3, -0.25) is 9.48 Å². The van der Waals surface area contributed by atoms with Crippen LogP contribution in [0.5, 0.6) is 0 Å². The first kappa shape index (κ1) is 14.6. The number of hydrogen-bond donors (Lipinski definition) is 2. The molecule has 3 rings (SSSR count). The summed E-state index contributed by atoms with van der Waals surface area (Å²) in [7, 11) is 0. The molecule has 2 fully saturated rings. The van der Waals surface area contributed by atoms with Crippen molar-refractivity contribution in [3.05, 3.63) is 12.4 Å². The van der Waals surface area contributed by atoms with Crippen LogP contribution in [0.25, 0.3) is 0 Å². The molecule has 2 N–H and O–H groups in total. The highest BCUT2D eigenvalue weighted by atomic mass is 16.1. The monoisotopic (exact) mass is 290 g/mol. The molecule has 1 saturated heterocycles. The third kappa shape index (κ3) is 4.06. The molecule has 0 aromatic carbocycles. The number of amides is 1. The van der Waals surface area contributed by atoms with Gasteiger partial charge in [-0.15, -0.1) is 0 Å². The zero-order chi connectivity index (χ0) is 14.5. The van der Waals surface area contributed by atoms with E-state index in [2.05, 4.69) is 15.7 Å². The lowest BCUT2D eigenvalue weighted by Gasteiger charge is -2.22. The number of nitrogens with zero attached hydrogens (tertiary/aromatic N) is 2. The minimum atomic E-state index is 0.131. The Kier molecular flexibility index (Phi) is 4.91. The fourth-order valence-corrected chi connectivity index (χ4v) is 3.53. The van der Waals surface area contributed by atoms with E-state index in [0.29, 0.717) is 12.5 Å². The summed E-state index contributed by atoms with van der Waals surface area (Å²) in [6, 6.07) is 0.468. The molecule has 0 bridgehead atoms. The molecule has 2 aliphatic rings. The van der Waals surface area contributed by atoms with Gasteiger partial charge in [0.25, 0.3) is 0 Å². The van der Waals surface area contributed by atoms with Crippen molar-refractivity contribution in [2.24, 2.45) is 5.92 Å². The maximum absolute atomic E-state index is 12.0.